The fourth-order valence-electron chi connectivity index (χ4n) is 3.53. The van der Waals surface area contributed by atoms with Crippen LogP contribution in [0.5, 0.6) is 0 Å². The topological polar surface area (TPSA) is 40.5 Å². The zero-order valence-corrected chi connectivity index (χ0v) is 11.6. The van der Waals surface area contributed by atoms with E-state index in [0.29, 0.717) is 11.3 Å². The molecule has 0 saturated carbocycles. The number of rotatable bonds is 4. The lowest BCUT2D eigenvalue weighted by atomic mass is 9.89. The predicted octanol–water partition coefficient (Wildman–Crippen LogP) is 2.60. The lowest BCUT2D eigenvalue weighted by Gasteiger charge is -2.40. The Labute approximate surface area is 108 Å². The maximum Gasteiger partial charge on any atom is 0.324 e. The second-order valence-electron chi connectivity index (χ2n) is 5.32. The lowest BCUT2D eigenvalue weighted by molar-refractivity contribution is -0.151. The van der Waals surface area contributed by atoms with Gasteiger partial charge in [0.15, 0.2) is 0 Å². The standard InChI is InChI=1S/C13H23NO2S/c1-3-6-13(12(15)16)7-4-8-14(13)11-5-9-17-10(11)2/h10-11H,3-9H2,1-2H3,(H,15,16). The number of thioether (sulfide) groups is 1. The van der Waals surface area contributed by atoms with E-state index < -0.39 is 11.5 Å². The molecule has 2 saturated heterocycles. The van der Waals surface area contributed by atoms with Crippen LogP contribution in [0, 0.1) is 0 Å². The Bertz CT molecular complexity index is 297. The van der Waals surface area contributed by atoms with E-state index in [1.54, 1.807) is 0 Å². The molecule has 0 aromatic heterocycles. The van der Waals surface area contributed by atoms with Gasteiger partial charge in [0.05, 0.1) is 0 Å². The van der Waals surface area contributed by atoms with Crippen LogP contribution in [0.4, 0.5) is 0 Å². The largest absolute Gasteiger partial charge is 0.480 e. The van der Waals surface area contributed by atoms with Crippen LogP contribution < -0.4 is 0 Å². The zero-order chi connectivity index (χ0) is 12.5. The van der Waals surface area contributed by atoms with Crippen LogP contribution >= 0.6 is 11.8 Å². The van der Waals surface area contributed by atoms with Gasteiger partial charge in [-0.15, -0.1) is 0 Å². The van der Waals surface area contributed by atoms with Gasteiger partial charge in [-0.3, -0.25) is 9.69 Å². The minimum absolute atomic E-state index is 0.477. The summed E-state index contributed by atoms with van der Waals surface area (Å²) in [5.41, 5.74) is -0.557. The molecule has 2 heterocycles. The average Bonchev–Trinajstić information content (AvgIpc) is 2.85. The number of carboxylic acids is 1. The van der Waals surface area contributed by atoms with Crippen LogP contribution in [-0.2, 0) is 4.79 Å². The fraction of sp³-hybridized carbons (Fsp3) is 0.923. The smallest absolute Gasteiger partial charge is 0.324 e. The molecular formula is C13H23NO2S. The third-order valence-corrected chi connectivity index (χ3v) is 5.65. The molecule has 2 rings (SSSR count). The van der Waals surface area contributed by atoms with Crippen molar-refractivity contribution in [1.82, 2.24) is 4.90 Å². The molecule has 0 aliphatic carbocycles. The highest BCUT2D eigenvalue weighted by Crippen LogP contribution is 2.41. The second kappa shape index (κ2) is 5.19. The summed E-state index contributed by atoms with van der Waals surface area (Å²) in [6.07, 6.45) is 4.79. The van der Waals surface area contributed by atoms with E-state index in [0.717, 1.165) is 38.6 Å². The summed E-state index contributed by atoms with van der Waals surface area (Å²) in [5, 5.41) is 10.3. The minimum Gasteiger partial charge on any atom is -0.480 e. The van der Waals surface area contributed by atoms with Gasteiger partial charge >= 0.3 is 5.97 Å². The van der Waals surface area contributed by atoms with Crippen LogP contribution in [-0.4, -0.2) is 45.1 Å². The van der Waals surface area contributed by atoms with E-state index in [9.17, 15) is 9.90 Å². The summed E-state index contributed by atoms with van der Waals surface area (Å²) < 4.78 is 0. The minimum atomic E-state index is -0.596. The SMILES string of the molecule is CCCC1(C(=O)O)CCCN1C1CCSC1C. The highest BCUT2D eigenvalue weighted by Gasteiger charge is 2.51. The van der Waals surface area contributed by atoms with Gasteiger partial charge in [-0.25, -0.2) is 0 Å². The molecule has 98 valence electrons. The van der Waals surface area contributed by atoms with E-state index >= 15 is 0 Å². The molecular weight excluding hydrogens is 234 g/mol. The maximum absolute atomic E-state index is 11.7. The number of carboxylic acid groups (broad SMARTS) is 1. The Morgan fingerprint density at radius 3 is 2.88 bits per heavy atom. The number of aliphatic carboxylic acids is 1. The van der Waals surface area contributed by atoms with Gasteiger partial charge in [0.2, 0.25) is 0 Å². The molecule has 17 heavy (non-hydrogen) atoms. The molecule has 0 amide bonds. The molecule has 2 aliphatic rings. The molecule has 1 N–H and O–H groups in total. The predicted molar refractivity (Wildman–Crippen MR) is 71.5 cm³/mol. The van der Waals surface area contributed by atoms with E-state index in [1.165, 1.54) is 5.75 Å². The van der Waals surface area contributed by atoms with Crippen molar-refractivity contribution >= 4 is 17.7 Å². The number of likely N-dealkylation sites (tertiary alicyclic amines) is 1. The zero-order valence-electron chi connectivity index (χ0n) is 10.8. The van der Waals surface area contributed by atoms with Gasteiger partial charge < -0.3 is 5.11 Å². The third kappa shape index (κ3) is 2.22. The summed E-state index contributed by atoms with van der Waals surface area (Å²) in [6.45, 7) is 5.31. The van der Waals surface area contributed by atoms with Crippen molar-refractivity contribution in [3.05, 3.63) is 0 Å². The second-order valence-corrected chi connectivity index (χ2v) is 6.80. The average molecular weight is 257 g/mol. The van der Waals surface area contributed by atoms with Gasteiger partial charge in [0, 0.05) is 11.3 Å². The van der Waals surface area contributed by atoms with Gasteiger partial charge in [0.1, 0.15) is 5.54 Å². The number of hydrogen-bond donors (Lipinski definition) is 1. The summed E-state index contributed by atoms with van der Waals surface area (Å²) >= 11 is 1.99. The first-order chi connectivity index (χ1) is 8.12. The molecule has 2 aliphatic heterocycles. The van der Waals surface area contributed by atoms with E-state index in [1.807, 2.05) is 11.8 Å². The Balaban J connectivity index is 2.21. The molecule has 0 radical (unpaired) electrons. The number of hydrogen-bond acceptors (Lipinski definition) is 3. The Morgan fingerprint density at radius 1 is 1.59 bits per heavy atom. The van der Waals surface area contributed by atoms with Crippen molar-refractivity contribution in [2.45, 2.75) is 62.8 Å². The first-order valence-corrected chi connectivity index (χ1v) is 7.78. The van der Waals surface area contributed by atoms with Crippen LogP contribution in [0.1, 0.15) is 46.0 Å². The summed E-state index contributed by atoms with van der Waals surface area (Å²) in [7, 11) is 0. The molecule has 0 bridgehead atoms. The van der Waals surface area contributed by atoms with Gasteiger partial charge in [-0.2, -0.15) is 11.8 Å². The van der Waals surface area contributed by atoms with Crippen LogP contribution in [0.15, 0.2) is 0 Å². The van der Waals surface area contributed by atoms with Gasteiger partial charge in [-0.05, 0) is 38.0 Å². The van der Waals surface area contributed by atoms with Crippen LogP contribution in [0.3, 0.4) is 0 Å². The Morgan fingerprint density at radius 2 is 2.35 bits per heavy atom. The highest BCUT2D eigenvalue weighted by molar-refractivity contribution is 8.00. The first kappa shape index (κ1) is 13.2. The summed E-state index contributed by atoms with van der Waals surface area (Å²) in [4.78, 5) is 14.1. The molecule has 3 nitrogen and oxygen atoms in total. The van der Waals surface area contributed by atoms with Crippen LogP contribution in [0.2, 0.25) is 0 Å². The molecule has 4 heteroatoms. The molecule has 3 unspecified atom stereocenters. The molecule has 0 aromatic carbocycles. The lowest BCUT2D eigenvalue weighted by Crippen LogP contribution is -2.56. The normalized spacial score (nSPS) is 38.7. The quantitative estimate of drug-likeness (QED) is 0.840. The van der Waals surface area contributed by atoms with E-state index in [-0.39, 0.29) is 0 Å². The molecule has 0 spiro atoms. The molecule has 0 aromatic rings. The molecule has 3 atom stereocenters. The van der Waals surface area contributed by atoms with E-state index in [2.05, 4.69) is 18.7 Å². The highest BCUT2D eigenvalue weighted by atomic mass is 32.2. The Hall–Kier alpha value is -0.220. The van der Waals surface area contributed by atoms with Crippen molar-refractivity contribution in [3.8, 4) is 0 Å². The van der Waals surface area contributed by atoms with E-state index in [4.69, 9.17) is 0 Å². The van der Waals surface area contributed by atoms with Gasteiger partial charge in [-0.1, -0.05) is 20.3 Å². The van der Waals surface area contributed by atoms with Crippen molar-refractivity contribution in [3.63, 3.8) is 0 Å². The summed E-state index contributed by atoms with van der Waals surface area (Å²) in [5.74, 6) is 0.588. The Kier molecular flexibility index (Phi) is 4.03. The monoisotopic (exact) mass is 257 g/mol. The van der Waals surface area contributed by atoms with Crippen molar-refractivity contribution < 1.29 is 9.90 Å². The third-order valence-electron chi connectivity index (χ3n) is 4.34. The number of nitrogens with zero attached hydrogens (tertiary/aromatic N) is 1. The maximum atomic E-state index is 11.7. The van der Waals surface area contributed by atoms with Gasteiger partial charge in [0.25, 0.3) is 0 Å². The summed E-state index contributed by atoms with van der Waals surface area (Å²) in [6, 6.07) is 0.477. The van der Waals surface area contributed by atoms with Crippen molar-refractivity contribution in [1.29, 1.82) is 0 Å². The van der Waals surface area contributed by atoms with Crippen molar-refractivity contribution in [2.24, 2.45) is 0 Å². The fourth-order valence-corrected chi connectivity index (χ4v) is 4.79. The number of carbonyl (C=O) groups is 1. The van der Waals surface area contributed by atoms with Crippen molar-refractivity contribution in [2.75, 3.05) is 12.3 Å². The first-order valence-electron chi connectivity index (χ1n) is 6.73. The van der Waals surface area contributed by atoms with Crippen LogP contribution in [0.25, 0.3) is 0 Å². The molecule has 2 fully saturated rings.